The number of carbonyl (C=O) groups is 3. The first-order valence-corrected chi connectivity index (χ1v) is 10.8. The van der Waals surface area contributed by atoms with Gasteiger partial charge in [-0.2, -0.15) is 0 Å². The summed E-state index contributed by atoms with van der Waals surface area (Å²) in [5, 5.41) is 12.8. The van der Waals surface area contributed by atoms with Gasteiger partial charge >= 0.3 is 5.97 Å². The number of hydrogen-bond acceptors (Lipinski definition) is 4. The molecular weight excluding hydrogens is 370 g/mol. The lowest BCUT2D eigenvalue weighted by molar-refractivity contribution is -0.122. The van der Waals surface area contributed by atoms with Gasteiger partial charge in [-0.25, -0.2) is 4.79 Å². The fraction of sp³-hybridized carbons (Fsp3) is 0.591. The van der Waals surface area contributed by atoms with E-state index in [4.69, 9.17) is 0 Å². The number of anilines is 2. The third-order valence-electron chi connectivity index (χ3n) is 6.47. The van der Waals surface area contributed by atoms with Gasteiger partial charge in [0.05, 0.1) is 23.5 Å². The molecule has 0 atom stereocenters. The Kier molecular flexibility index (Phi) is 5.85. The molecule has 7 heteroatoms. The molecule has 7 nitrogen and oxygen atoms in total. The molecule has 0 saturated heterocycles. The first-order valence-electron chi connectivity index (χ1n) is 10.8. The zero-order valence-corrected chi connectivity index (χ0v) is 16.7. The number of carbonyl (C=O) groups excluding carboxylic acids is 2. The van der Waals surface area contributed by atoms with Gasteiger partial charge in [-0.3, -0.25) is 14.5 Å². The van der Waals surface area contributed by atoms with Crippen molar-refractivity contribution in [2.24, 2.45) is 0 Å². The van der Waals surface area contributed by atoms with Gasteiger partial charge in [0.25, 0.3) is 0 Å². The van der Waals surface area contributed by atoms with Crippen LogP contribution in [0.3, 0.4) is 0 Å². The number of fused-ring (bicyclic) bond motifs is 1. The third kappa shape index (κ3) is 4.15. The van der Waals surface area contributed by atoms with E-state index in [2.05, 4.69) is 5.32 Å². The van der Waals surface area contributed by atoms with Crippen LogP contribution < -0.4 is 15.1 Å². The fourth-order valence-corrected chi connectivity index (χ4v) is 4.93. The highest BCUT2D eigenvalue weighted by atomic mass is 16.4. The van der Waals surface area contributed by atoms with Crippen molar-refractivity contribution in [3.05, 3.63) is 23.8 Å². The van der Waals surface area contributed by atoms with Gasteiger partial charge in [0.1, 0.15) is 6.54 Å². The maximum atomic E-state index is 13.0. The number of hydrogen-bond donors (Lipinski definition) is 2. The van der Waals surface area contributed by atoms with Crippen molar-refractivity contribution in [1.82, 2.24) is 5.32 Å². The summed E-state index contributed by atoms with van der Waals surface area (Å²) < 4.78 is 0. The fourth-order valence-electron chi connectivity index (χ4n) is 4.93. The number of nitrogens with zero attached hydrogens (tertiary/aromatic N) is 2. The molecule has 0 spiro atoms. The molecule has 0 unspecified atom stereocenters. The highest BCUT2D eigenvalue weighted by molar-refractivity contribution is 6.12. The van der Waals surface area contributed by atoms with E-state index in [0.29, 0.717) is 17.4 Å². The molecule has 1 aliphatic heterocycles. The van der Waals surface area contributed by atoms with E-state index in [1.54, 1.807) is 11.0 Å². The summed E-state index contributed by atoms with van der Waals surface area (Å²) in [6.07, 6.45) is 9.81. The average Bonchev–Trinajstić information content (AvgIpc) is 3.26. The summed E-state index contributed by atoms with van der Waals surface area (Å²) in [5.41, 5.74) is 1.32. The first kappa shape index (κ1) is 19.9. The van der Waals surface area contributed by atoms with Crippen LogP contribution in [-0.2, 0) is 9.59 Å². The molecule has 2 aliphatic carbocycles. The molecule has 156 valence electrons. The van der Waals surface area contributed by atoms with E-state index in [0.717, 1.165) is 38.5 Å². The Morgan fingerprint density at radius 2 is 1.69 bits per heavy atom. The SMILES string of the molecule is O=C(O)c1ccc2c(c1)N(C(=O)CNC1CCCCC1)CC(=O)N2C1CCCC1. The molecule has 1 aromatic carbocycles. The Balaban J connectivity index is 1.59. The normalized spacial score (nSPS) is 20.8. The predicted molar refractivity (Wildman–Crippen MR) is 110 cm³/mol. The lowest BCUT2D eigenvalue weighted by atomic mass is 9.95. The molecule has 0 bridgehead atoms. The number of carboxylic acids is 1. The number of rotatable bonds is 5. The first-order chi connectivity index (χ1) is 14.0. The van der Waals surface area contributed by atoms with Gasteiger partial charge in [0.2, 0.25) is 11.8 Å². The summed E-state index contributed by atoms with van der Waals surface area (Å²) >= 11 is 0. The van der Waals surface area contributed by atoms with E-state index >= 15 is 0 Å². The molecule has 1 heterocycles. The second-order valence-electron chi connectivity index (χ2n) is 8.41. The van der Waals surface area contributed by atoms with Crippen molar-refractivity contribution in [3.8, 4) is 0 Å². The van der Waals surface area contributed by atoms with Crippen molar-refractivity contribution in [2.75, 3.05) is 22.9 Å². The van der Waals surface area contributed by atoms with Gasteiger partial charge in [0, 0.05) is 12.1 Å². The second-order valence-corrected chi connectivity index (χ2v) is 8.41. The van der Waals surface area contributed by atoms with Crippen molar-refractivity contribution < 1.29 is 19.5 Å². The van der Waals surface area contributed by atoms with Crippen LogP contribution in [0.25, 0.3) is 0 Å². The van der Waals surface area contributed by atoms with Crippen molar-refractivity contribution in [1.29, 1.82) is 0 Å². The zero-order valence-electron chi connectivity index (χ0n) is 16.7. The number of aromatic carboxylic acids is 1. The summed E-state index contributed by atoms with van der Waals surface area (Å²) in [6.45, 7) is 0.135. The molecule has 2 saturated carbocycles. The highest BCUT2D eigenvalue weighted by Crippen LogP contribution is 2.39. The van der Waals surface area contributed by atoms with Crippen LogP contribution in [0.4, 0.5) is 11.4 Å². The van der Waals surface area contributed by atoms with Crippen LogP contribution in [0, 0.1) is 0 Å². The number of benzene rings is 1. The largest absolute Gasteiger partial charge is 0.478 e. The minimum Gasteiger partial charge on any atom is -0.478 e. The Labute approximate surface area is 171 Å². The monoisotopic (exact) mass is 399 g/mol. The van der Waals surface area contributed by atoms with Crippen LogP contribution in [0.1, 0.15) is 68.1 Å². The van der Waals surface area contributed by atoms with E-state index in [1.807, 2.05) is 0 Å². The molecule has 0 radical (unpaired) electrons. The topological polar surface area (TPSA) is 90.0 Å². The van der Waals surface area contributed by atoms with Crippen molar-refractivity contribution in [2.45, 2.75) is 69.9 Å². The summed E-state index contributed by atoms with van der Waals surface area (Å²) in [5.74, 6) is -1.30. The van der Waals surface area contributed by atoms with Crippen LogP contribution in [0.15, 0.2) is 18.2 Å². The molecular formula is C22H29N3O4. The lowest BCUT2D eigenvalue weighted by Crippen LogP contribution is -2.53. The summed E-state index contributed by atoms with van der Waals surface area (Å²) in [4.78, 5) is 40.7. The van der Waals surface area contributed by atoms with Gasteiger partial charge in [0.15, 0.2) is 0 Å². The number of carboxylic acid groups (broad SMARTS) is 1. The van der Waals surface area contributed by atoms with Crippen LogP contribution in [-0.4, -0.2) is 48.1 Å². The number of amides is 2. The zero-order chi connectivity index (χ0) is 20.4. The average molecular weight is 399 g/mol. The van der Waals surface area contributed by atoms with Crippen LogP contribution >= 0.6 is 0 Å². The van der Waals surface area contributed by atoms with Crippen LogP contribution in [0.2, 0.25) is 0 Å². The maximum absolute atomic E-state index is 13.0. The Morgan fingerprint density at radius 3 is 2.38 bits per heavy atom. The third-order valence-corrected chi connectivity index (χ3v) is 6.47. The van der Waals surface area contributed by atoms with Gasteiger partial charge < -0.3 is 15.3 Å². The van der Waals surface area contributed by atoms with E-state index in [9.17, 15) is 19.5 Å². The molecule has 1 aromatic rings. The molecule has 29 heavy (non-hydrogen) atoms. The minimum atomic E-state index is -1.04. The Morgan fingerprint density at radius 1 is 1.00 bits per heavy atom. The Bertz CT molecular complexity index is 797. The predicted octanol–water partition coefficient (Wildman–Crippen LogP) is 2.93. The number of nitrogens with one attached hydrogen (secondary N) is 1. The Hall–Kier alpha value is -2.41. The quantitative estimate of drug-likeness (QED) is 0.795. The molecule has 3 aliphatic rings. The minimum absolute atomic E-state index is 0.0300. The lowest BCUT2D eigenvalue weighted by Gasteiger charge is -2.39. The van der Waals surface area contributed by atoms with Crippen molar-refractivity contribution in [3.63, 3.8) is 0 Å². The highest BCUT2D eigenvalue weighted by Gasteiger charge is 2.37. The van der Waals surface area contributed by atoms with Gasteiger partial charge in [-0.05, 0) is 43.9 Å². The van der Waals surface area contributed by atoms with Gasteiger partial charge in [-0.15, -0.1) is 0 Å². The summed E-state index contributed by atoms with van der Waals surface area (Å²) in [7, 11) is 0. The van der Waals surface area contributed by atoms with E-state index < -0.39 is 5.97 Å². The standard InChI is InChI=1S/C22H29N3O4/c26-20(13-23-16-6-2-1-3-7-16)24-14-21(27)25(17-8-4-5-9-17)18-11-10-15(22(28)29)12-19(18)24/h10-12,16-17,23H,1-9,13-14H2,(H,28,29). The molecule has 2 N–H and O–H groups in total. The van der Waals surface area contributed by atoms with Crippen molar-refractivity contribution >= 4 is 29.2 Å². The molecule has 2 amide bonds. The van der Waals surface area contributed by atoms with E-state index in [-0.39, 0.29) is 36.5 Å². The molecule has 4 rings (SSSR count). The van der Waals surface area contributed by atoms with Crippen LogP contribution in [0.5, 0.6) is 0 Å². The smallest absolute Gasteiger partial charge is 0.335 e. The van der Waals surface area contributed by atoms with Gasteiger partial charge in [-0.1, -0.05) is 32.1 Å². The maximum Gasteiger partial charge on any atom is 0.335 e. The second kappa shape index (κ2) is 8.53. The molecule has 2 fully saturated rings. The molecule has 0 aromatic heterocycles. The van der Waals surface area contributed by atoms with E-state index in [1.165, 1.54) is 36.3 Å². The summed E-state index contributed by atoms with van der Waals surface area (Å²) in [6, 6.07) is 5.21.